The topological polar surface area (TPSA) is 103 Å². The molecule has 0 unspecified atom stereocenters. The van der Waals surface area contributed by atoms with Crippen LogP contribution in [0.25, 0.3) is 6.08 Å². The van der Waals surface area contributed by atoms with E-state index in [-0.39, 0.29) is 11.3 Å². The fraction of sp³-hybridized carbons (Fsp3) is 0.190. The zero-order valence-electron chi connectivity index (χ0n) is 16.8. The van der Waals surface area contributed by atoms with Gasteiger partial charge in [0.15, 0.2) is 0 Å². The lowest BCUT2D eigenvalue weighted by molar-refractivity contribution is -0.122. The van der Waals surface area contributed by atoms with E-state index >= 15 is 0 Å². The van der Waals surface area contributed by atoms with Gasteiger partial charge in [0.05, 0.1) is 39.7 Å². The second-order valence-corrected chi connectivity index (χ2v) is 6.10. The third kappa shape index (κ3) is 3.77. The van der Waals surface area contributed by atoms with E-state index in [2.05, 4.69) is 5.32 Å². The summed E-state index contributed by atoms with van der Waals surface area (Å²) in [5.74, 6) is 0.0754. The molecule has 156 valence electrons. The Kier molecular flexibility index (Phi) is 5.91. The molecule has 30 heavy (non-hydrogen) atoms. The molecule has 1 N–H and O–H groups in total. The highest BCUT2D eigenvalue weighted by atomic mass is 16.5. The summed E-state index contributed by atoms with van der Waals surface area (Å²) in [6, 6.07) is 8.62. The molecule has 0 spiro atoms. The van der Waals surface area contributed by atoms with Gasteiger partial charge >= 0.3 is 6.03 Å². The van der Waals surface area contributed by atoms with E-state index in [4.69, 9.17) is 18.9 Å². The van der Waals surface area contributed by atoms with Crippen LogP contribution in [0.4, 0.5) is 10.5 Å². The normalized spacial score (nSPS) is 15.1. The van der Waals surface area contributed by atoms with Gasteiger partial charge in [0, 0.05) is 12.1 Å². The molecule has 1 saturated heterocycles. The number of carbonyl (C=O) groups excluding carboxylic acids is 3. The minimum atomic E-state index is -0.846. The third-order valence-corrected chi connectivity index (χ3v) is 4.47. The van der Waals surface area contributed by atoms with Crippen molar-refractivity contribution in [2.24, 2.45) is 0 Å². The number of benzene rings is 2. The van der Waals surface area contributed by atoms with Gasteiger partial charge in [0.1, 0.15) is 28.6 Å². The Morgan fingerprint density at radius 2 is 1.37 bits per heavy atom. The number of amides is 4. The maximum atomic E-state index is 13.1. The molecular formula is C21H20N2O7. The molecule has 0 saturated carbocycles. The van der Waals surface area contributed by atoms with Crippen LogP contribution in [0.2, 0.25) is 0 Å². The van der Waals surface area contributed by atoms with E-state index in [1.54, 1.807) is 24.3 Å². The number of hydrogen-bond acceptors (Lipinski definition) is 7. The number of nitrogens with one attached hydrogen (secondary N) is 1. The van der Waals surface area contributed by atoms with E-state index in [1.807, 2.05) is 0 Å². The van der Waals surface area contributed by atoms with Gasteiger partial charge in [-0.3, -0.25) is 14.9 Å². The van der Waals surface area contributed by atoms with Crippen LogP contribution in [-0.2, 0) is 9.59 Å². The Labute approximate surface area is 172 Å². The van der Waals surface area contributed by atoms with Gasteiger partial charge in [-0.1, -0.05) is 0 Å². The largest absolute Gasteiger partial charge is 0.497 e. The van der Waals surface area contributed by atoms with Crippen molar-refractivity contribution in [1.29, 1.82) is 0 Å². The zero-order valence-corrected chi connectivity index (χ0v) is 16.8. The average Bonchev–Trinajstić information content (AvgIpc) is 2.76. The second-order valence-electron chi connectivity index (χ2n) is 6.10. The van der Waals surface area contributed by atoms with Crippen molar-refractivity contribution in [2.45, 2.75) is 0 Å². The van der Waals surface area contributed by atoms with Gasteiger partial charge < -0.3 is 18.9 Å². The van der Waals surface area contributed by atoms with E-state index in [9.17, 15) is 14.4 Å². The van der Waals surface area contributed by atoms with E-state index in [0.717, 1.165) is 4.90 Å². The van der Waals surface area contributed by atoms with Crippen LogP contribution in [0.3, 0.4) is 0 Å². The standard InChI is InChI=1S/C21H20N2O7/c1-27-13-7-5-12(6-8-13)23-20(25)16(19(24)22-21(23)26)11-15-17(29-3)9-14(28-2)10-18(15)30-4/h5-11H,1-4H3,(H,22,24,26)/b16-11+. The fourth-order valence-corrected chi connectivity index (χ4v) is 2.94. The van der Waals surface area contributed by atoms with Crippen molar-refractivity contribution in [3.05, 3.63) is 47.5 Å². The summed E-state index contributed by atoms with van der Waals surface area (Å²) in [6.45, 7) is 0. The lowest BCUT2D eigenvalue weighted by Gasteiger charge is -2.26. The Morgan fingerprint density at radius 1 is 0.800 bits per heavy atom. The van der Waals surface area contributed by atoms with Crippen LogP contribution in [0.15, 0.2) is 42.0 Å². The minimum absolute atomic E-state index is 0.257. The van der Waals surface area contributed by atoms with Crippen molar-refractivity contribution >= 4 is 29.6 Å². The number of barbiturate groups is 1. The van der Waals surface area contributed by atoms with Crippen molar-refractivity contribution in [3.63, 3.8) is 0 Å². The predicted octanol–water partition coefficient (Wildman–Crippen LogP) is 2.39. The van der Waals surface area contributed by atoms with Gasteiger partial charge in [-0.05, 0) is 30.3 Å². The molecule has 0 atom stereocenters. The second kappa shape index (κ2) is 8.56. The predicted molar refractivity (Wildman–Crippen MR) is 108 cm³/mol. The van der Waals surface area contributed by atoms with Crippen LogP contribution >= 0.6 is 0 Å². The minimum Gasteiger partial charge on any atom is -0.497 e. The van der Waals surface area contributed by atoms with Crippen LogP contribution < -0.4 is 29.2 Å². The molecule has 0 aromatic heterocycles. The Bertz CT molecular complexity index is 1000. The molecule has 0 bridgehead atoms. The Balaban J connectivity index is 2.08. The summed E-state index contributed by atoms with van der Waals surface area (Å²) in [5, 5.41) is 2.18. The highest BCUT2D eigenvalue weighted by Crippen LogP contribution is 2.36. The van der Waals surface area contributed by atoms with E-state index in [1.165, 1.54) is 46.6 Å². The first kappa shape index (κ1) is 20.7. The summed E-state index contributed by atoms with van der Waals surface area (Å²) in [5.41, 5.74) is 0.376. The lowest BCUT2D eigenvalue weighted by Crippen LogP contribution is -2.54. The number of anilines is 1. The maximum Gasteiger partial charge on any atom is 0.335 e. The van der Waals surface area contributed by atoms with Crippen LogP contribution in [0.1, 0.15) is 5.56 Å². The number of ether oxygens (including phenoxy) is 4. The Morgan fingerprint density at radius 3 is 1.87 bits per heavy atom. The monoisotopic (exact) mass is 412 g/mol. The molecule has 3 rings (SSSR count). The van der Waals surface area contributed by atoms with Crippen molar-refractivity contribution < 1.29 is 33.3 Å². The smallest absolute Gasteiger partial charge is 0.335 e. The van der Waals surface area contributed by atoms with Crippen LogP contribution in [0, 0.1) is 0 Å². The quantitative estimate of drug-likeness (QED) is 0.574. The van der Waals surface area contributed by atoms with Gasteiger partial charge in [0.25, 0.3) is 11.8 Å². The van der Waals surface area contributed by atoms with Gasteiger partial charge in [-0.15, -0.1) is 0 Å². The van der Waals surface area contributed by atoms with Crippen molar-refractivity contribution in [1.82, 2.24) is 5.32 Å². The van der Waals surface area contributed by atoms with Crippen LogP contribution in [-0.4, -0.2) is 46.3 Å². The number of carbonyl (C=O) groups is 3. The molecule has 1 aliphatic rings. The molecule has 2 aromatic carbocycles. The molecular weight excluding hydrogens is 392 g/mol. The summed E-state index contributed by atoms with van der Waals surface area (Å²) in [6.07, 6.45) is 1.32. The highest BCUT2D eigenvalue weighted by Gasteiger charge is 2.37. The summed E-state index contributed by atoms with van der Waals surface area (Å²) >= 11 is 0. The molecule has 9 nitrogen and oxygen atoms in total. The third-order valence-electron chi connectivity index (χ3n) is 4.47. The first-order valence-corrected chi connectivity index (χ1v) is 8.79. The SMILES string of the molecule is COc1ccc(N2C(=O)NC(=O)/C(=C\c3c(OC)cc(OC)cc3OC)C2=O)cc1. The number of methoxy groups -OCH3 is 4. The zero-order chi connectivity index (χ0) is 21.8. The number of nitrogens with zero attached hydrogens (tertiary/aromatic N) is 1. The number of urea groups is 1. The molecule has 1 aliphatic heterocycles. The first-order valence-electron chi connectivity index (χ1n) is 8.79. The maximum absolute atomic E-state index is 13.1. The van der Waals surface area contributed by atoms with E-state index in [0.29, 0.717) is 28.6 Å². The number of imide groups is 2. The molecule has 1 heterocycles. The molecule has 0 aliphatic carbocycles. The van der Waals surface area contributed by atoms with Crippen molar-refractivity contribution in [2.75, 3.05) is 33.3 Å². The fourth-order valence-electron chi connectivity index (χ4n) is 2.94. The molecule has 0 radical (unpaired) electrons. The molecule has 1 fully saturated rings. The summed E-state index contributed by atoms with van der Waals surface area (Å²) in [4.78, 5) is 38.7. The number of rotatable bonds is 6. The molecule has 9 heteroatoms. The average molecular weight is 412 g/mol. The first-order chi connectivity index (χ1) is 14.4. The van der Waals surface area contributed by atoms with Gasteiger partial charge in [-0.2, -0.15) is 0 Å². The lowest BCUT2D eigenvalue weighted by atomic mass is 10.0. The van der Waals surface area contributed by atoms with Gasteiger partial charge in [0.2, 0.25) is 0 Å². The highest BCUT2D eigenvalue weighted by molar-refractivity contribution is 6.39. The van der Waals surface area contributed by atoms with Gasteiger partial charge in [-0.25, -0.2) is 9.69 Å². The summed E-state index contributed by atoms with van der Waals surface area (Å²) in [7, 11) is 5.87. The summed E-state index contributed by atoms with van der Waals surface area (Å²) < 4.78 is 21.0. The Hall–Kier alpha value is -4.01. The molecule has 4 amide bonds. The van der Waals surface area contributed by atoms with Crippen molar-refractivity contribution in [3.8, 4) is 23.0 Å². The number of hydrogen-bond donors (Lipinski definition) is 1. The van der Waals surface area contributed by atoms with Crippen LogP contribution in [0.5, 0.6) is 23.0 Å². The van der Waals surface area contributed by atoms with E-state index < -0.39 is 17.8 Å². The molecule has 2 aromatic rings.